The molecular weight excluding hydrogens is 410 g/mol. The molecule has 2 aromatic heterocycles. The Morgan fingerprint density at radius 2 is 1.94 bits per heavy atom. The molecule has 0 fully saturated rings. The first-order valence-corrected chi connectivity index (χ1v) is 10.9. The summed E-state index contributed by atoms with van der Waals surface area (Å²) in [4.78, 5) is 25.6. The van der Waals surface area contributed by atoms with Crippen LogP contribution in [0.25, 0.3) is 22.3 Å². The van der Waals surface area contributed by atoms with E-state index < -0.39 is 0 Å². The third-order valence-corrected chi connectivity index (χ3v) is 5.95. The number of ether oxygens (including phenoxy) is 1. The summed E-state index contributed by atoms with van der Waals surface area (Å²) >= 11 is 1.51. The van der Waals surface area contributed by atoms with Crippen LogP contribution in [0.1, 0.15) is 30.6 Å². The zero-order valence-corrected chi connectivity index (χ0v) is 18.0. The minimum Gasteiger partial charge on any atom is -0.493 e. The van der Waals surface area contributed by atoms with Crippen LogP contribution in [0.3, 0.4) is 0 Å². The molecule has 3 heterocycles. The predicted octanol–water partition coefficient (Wildman–Crippen LogP) is 4.77. The molecule has 0 radical (unpaired) electrons. The topological polar surface area (TPSA) is 89.0 Å². The van der Waals surface area contributed by atoms with Gasteiger partial charge in [-0.25, -0.2) is 15.0 Å². The zero-order valence-electron chi connectivity index (χ0n) is 17.2. The van der Waals surface area contributed by atoms with E-state index in [0.717, 1.165) is 50.9 Å². The largest absolute Gasteiger partial charge is 0.493 e. The van der Waals surface area contributed by atoms with Crippen LogP contribution in [0.2, 0.25) is 0 Å². The maximum atomic E-state index is 11.6. The van der Waals surface area contributed by atoms with E-state index in [9.17, 15) is 4.79 Å². The molecule has 1 aliphatic rings. The van der Waals surface area contributed by atoms with Crippen LogP contribution in [0.5, 0.6) is 5.75 Å². The fraction of sp³-hybridized carbons (Fsp3) is 0.217. The fourth-order valence-electron chi connectivity index (χ4n) is 3.72. The molecule has 31 heavy (non-hydrogen) atoms. The minimum atomic E-state index is -0.0482. The Labute approximate surface area is 183 Å². The van der Waals surface area contributed by atoms with Gasteiger partial charge in [0.1, 0.15) is 5.75 Å². The van der Waals surface area contributed by atoms with Gasteiger partial charge in [0.05, 0.1) is 35.1 Å². The SMILES string of the molecule is CC(=O)NC1CCOc2ccc(-c3csc(Nc4nc5ccccc5nc4C)n3)cc21. The Hall–Kier alpha value is -3.52. The number of carbonyl (C=O) groups is 1. The Morgan fingerprint density at radius 1 is 1.13 bits per heavy atom. The van der Waals surface area contributed by atoms with Crippen LogP contribution in [0.15, 0.2) is 47.8 Å². The summed E-state index contributed by atoms with van der Waals surface area (Å²) in [6, 6.07) is 13.7. The summed E-state index contributed by atoms with van der Waals surface area (Å²) in [5.41, 5.74) is 5.35. The molecule has 1 atom stereocenters. The highest BCUT2D eigenvalue weighted by Gasteiger charge is 2.23. The van der Waals surface area contributed by atoms with Crippen molar-refractivity contribution in [1.82, 2.24) is 20.3 Å². The monoisotopic (exact) mass is 431 g/mol. The van der Waals surface area contributed by atoms with E-state index in [1.54, 1.807) is 0 Å². The second-order valence-electron chi connectivity index (χ2n) is 7.45. The van der Waals surface area contributed by atoms with E-state index in [4.69, 9.17) is 9.72 Å². The van der Waals surface area contributed by atoms with Crippen molar-refractivity contribution in [3.8, 4) is 17.0 Å². The van der Waals surface area contributed by atoms with E-state index in [-0.39, 0.29) is 11.9 Å². The van der Waals surface area contributed by atoms with E-state index in [1.807, 2.05) is 48.7 Å². The standard InChI is InChI=1S/C23H21N5O2S/c1-13-22(26-19-6-4-3-5-18(19)24-13)28-23-27-20(12-31-23)15-7-8-21-16(11-15)17(9-10-30-21)25-14(2)29/h3-8,11-12,17H,9-10H2,1-2H3,(H,25,29)(H,26,27,28). The number of aromatic nitrogens is 3. The second kappa shape index (κ2) is 7.96. The quantitative estimate of drug-likeness (QED) is 0.484. The molecular formula is C23H21N5O2S. The smallest absolute Gasteiger partial charge is 0.217 e. The third-order valence-electron chi connectivity index (χ3n) is 5.20. The number of rotatable bonds is 4. The lowest BCUT2D eigenvalue weighted by Gasteiger charge is -2.26. The highest BCUT2D eigenvalue weighted by Crippen LogP contribution is 2.36. The van der Waals surface area contributed by atoms with Crippen molar-refractivity contribution in [2.45, 2.75) is 26.3 Å². The molecule has 7 nitrogen and oxygen atoms in total. The Balaban J connectivity index is 1.42. The Bertz CT molecular complexity index is 1290. The molecule has 8 heteroatoms. The first-order chi connectivity index (χ1) is 15.1. The fourth-order valence-corrected chi connectivity index (χ4v) is 4.44. The van der Waals surface area contributed by atoms with Gasteiger partial charge in [-0.15, -0.1) is 11.3 Å². The number of carbonyl (C=O) groups excluding carboxylic acids is 1. The average molecular weight is 432 g/mol. The molecule has 0 aliphatic carbocycles. The van der Waals surface area contributed by atoms with Crippen molar-refractivity contribution in [3.05, 3.63) is 59.1 Å². The van der Waals surface area contributed by atoms with E-state index in [2.05, 4.69) is 26.7 Å². The summed E-state index contributed by atoms with van der Waals surface area (Å²) in [6.45, 7) is 4.06. The lowest BCUT2D eigenvalue weighted by atomic mass is 9.97. The van der Waals surface area contributed by atoms with Crippen molar-refractivity contribution in [1.29, 1.82) is 0 Å². The van der Waals surface area contributed by atoms with Crippen molar-refractivity contribution < 1.29 is 9.53 Å². The third kappa shape index (κ3) is 3.94. The number of nitrogens with one attached hydrogen (secondary N) is 2. The van der Waals surface area contributed by atoms with Crippen LogP contribution in [-0.4, -0.2) is 27.5 Å². The number of thiazole rings is 1. The van der Waals surface area contributed by atoms with Crippen molar-refractivity contribution in [3.63, 3.8) is 0 Å². The van der Waals surface area contributed by atoms with Crippen LogP contribution < -0.4 is 15.4 Å². The van der Waals surface area contributed by atoms with Gasteiger partial charge >= 0.3 is 0 Å². The zero-order chi connectivity index (χ0) is 21.4. The molecule has 0 saturated heterocycles. The van der Waals surface area contributed by atoms with Gasteiger partial charge in [-0.3, -0.25) is 4.79 Å². The molecule has 1 unspecified atom stereocenters. The number of hydrogen-bond donors (Lipinski definition) is 2. The highest BCUT2D eigenvalue weighted by molar-refractivity contribution is 7.14. The van der Waals surface area contributed by atoms with Gasteiger partial charge in [-0.1, -0.05) is 12.1 Å². The van der Waals surface area contributed by atoms with Crippen molar-refractivity contribution >= 4 is 39.2 Å². The van der Waals surface area contributed by atoms with Crippen LogP contribution >= 0.6 is 11.3 Å². The van der Waals surface area contributed by atoms with Gasteiger partial charge in [0.2, 0.25) is 5.91 Å². The molecule has 2 aromatic carbocycles. The number of para-hydroxylation sites is 2. The highest BCUT2D eigenvalue weighted by atomic mass is 32.1. The number of fused-ring (bicyclic) bond motifs is 2. The summed E-state index contributed by atoms with van der Waals surface area (Å²) in [5, 5.41) is 9.07. The van der Waals surface area contributed by atoms with Gasteiger partial charge in [0.25, 0.3) is 0 Å². The first kappa shape index (κ1) is 19.4. The van der Waals surface area contributed by atoms with Gasteiger partial charge in [0.15, 0.2) is 10.9 Å². The summed E-state index contributed by atoms with van der Waals surface area (Å²) < 4.78 is 5.76. The van der Waals surface area contributed by atoms with Gasteiger partial charge in [-0.05, 0) is 37.3 Å². The summed E-state index contributed by atoms with van der Waals surface area (Å²) in [5.74, 6) is 1.46. The molecule has 1 amide bonds. The number of amides is 1. The molecule has 5 rings (SSSR count). The Morgan fingerprint density at radius 3 is 2.74 bits per heavy atom. The van der Waals surface area contributed by atoms with E-state index >= 15 is 0 Å². The average Bonchev–Trinajstić information content (AvgIpc) is 3.22. The van der Waals surface area contributed by atoms with Crippen LogP contribution in [0.4, 0.5) is 10.9 Å². The lowest BCUT2D eigenvalue weighted by Crippen LogP contribution is -2.30. The normalized spacial score (nSPS) is 15.2. The summed E-state index contributed by atoms with van der Waals surface area (Å²) in [6.07, 6.45) is 0.750. The minimum absolute atomic E-state index is 0.0461. The second-order valence-corrected chi connectivity index (χ2v) is 8.31. The lowest BCUT2D eigenvalue weighted by molar-refractivity contribution is -0.119. The molecule has 4 aromatic rings. The van der Waals surface area contributed by atoms with Crippen LogP contribution in [0, 0.1) is 6.92 Å². The summed E-state index contributed by atoms with van der Waals surface area (Å²) in [7, 11) is 0. The van der Waals surface area contributed by atoms with Crippen molar-refractivity contribution in [2.24, 2.45) is 0 Å². The number of anilines is 2. The van der Waals surface area contributed by atoms with Gasteiger partial charge in [0, 0.05) is 29.9 Å². The molecule has 0 bridgehead atoms. The van der Waals surface area contributed by atoms with Gasteiger partial charge < -0.3 is 15.4 Å². The first-order valence-electron chi connectivity index (χ1n) is 10.1. The van der Waals surface area contributed by atoms with Gasteiger partial charge in [-0.2, -0.15) is 0 Å². The molecule has 0 spiro atoms. The van der Waals surface area contributed by atoms with Crippen LogP contribution in [-0.2, 0) is 4.79 Å². The molecule has 156 valence electrons. The van der Waals surface area contributed by atoms with E-state index in [0.29, 0.717) is 12.4 Å². The number of hydrogen-bond acceptors (Lipinski definition) is 7. The maximum Gasteiger partial charge on any atom is 0.217 e. The predicted molar refractivity (Wildman–Crippen MR) is 122 cm³/mol. The molecule has 0 saturated carbocycles. The molecule has 1 aliphatic heterocycles. The van der Waals surface area contributed by atoms with Crippen molar-refractivity contribution in [2.75, 3.05) is 11.9 Å². The number of nitrogens with zero attached hydrogens (tertiary/aromatic N) is 3. The number of aryl methyl sites for hydroxylation is 1. The Kier molecular flexibility index (Phi) is 4.99. The maximum absolute atomic E-state index is 11.6. The van der Waals surface area contributed by atoms with E-state index in [1.165, 1.54) is 18.3 Å². The number of benzene rings is 2. The molecule has 2 N–H and O–H groups in total.